The van der Waals surface area contributed by atoms with Gasteiger partial charge in [0.1, 0.15) is 0 Å². The van der Waals surface area contributed by atoms with Crippen LogP contribution in [0.15, 0.2) is 24.3 Å². The molecule has 1 unspecified atom stereocenters. The third-order valence-electron chi connectivity index (χ3n) is 3.08. The third kappa shape index (κ3) is 3.80. The maximum absolute atomic E-state index is 5.88. The molecule has 0 bridgehead atoms. The van der Waals surface area contributed by atoms with Crippen molar-refractivity contribution in [2.45, 2.75) is 46.2 Å². The van der Waals surface area contributed by atoms with E-state index in [1.54, 1.807) is 0 Å². The molecule has 16 heavy (non-hydrogen) atoms. The molecule has 2 atom stereocenters. The molecule has 1 aromatic rings. The van der Waals surface area contributed by atoms with Crippen molar-refractivity contribution in [1.29, 1.82) is 0 Å². The van der Waals surface area contributed by atoms with Crippen molar-refractivity contribution in [2.24, 2.45) is 5.92 Å². The summed E-state index contributed by atoms with van der Waals surface area (Å²) in [6.45, 7) is 8.95. The highest BCUT2D eigenvalue weighted by molar-refractivity contribution is 6.30. The summed E-state index contributed by atoms with van der Waals surface area (Å²) in [7, 11) is 0. The number of nitrogens with one attached hydrogen (secondary N) is 1. The molecule has 90 valence electrons. The van der Waals surface area contributed by atoms with Gasteiger partial charge >= 0.3 is 0 Å². The van der Waals surface area contributed by atoms with E-state index in [4.69, 9.17) is 11.6 Å². The van der Waals surface area contributed by atoms with E-state index in [0.717, 1.165) is 11.4 Å². The summed E-state index contributed by atoms with van der Waals surface area (Å²) in [5.41, 5.74) is 1.29. The van der Waals surface area contributed by atoms with Gasteiger partial charge in [-0.05, 0) is 37.0 Å². The Bertz CT molecular complexity index is 305. The highest BCUT2D eigenvalue weighted by atomic mass is 35.5. The molecule has 0 aromatic heterocycles. The molecule has 0 aliphatic heterocycles. The van der Waals surface area contributed by atoms with Crippen LogP contribution in [0.25, 0.3) is 0 Å². The molecule has 1 aromatic carbocycles. The predicted octanol–water partition coefficient (Wildman–Crippen LogP) is 4.43. The Labute approximate surface area is 104 Å². The average molecular weight is 240 g/mol. The van der Waals surface area contributed by atoms with Crippen LogP contribution < -0.4 is 5.32 Å². The fraction of sp³-hybridized carbons (Fsp3) is 0.571. The van der Waals surface area contributed by atoms with Gasteiger partial charge in [-0.2, -0.15) is 0 Å². The Morgan fingerprint density at radius 2 is 1.69 bits per heavy atom. The Hall–Kier alpha value is -0.530. The van der Waals surface area contributed by atoms with Gasteiger partial charge in [-0.25, -0.2) is 0 Å². The molecule has 0 fully saturated rings. The number of hydrogen-bond acceptors (Lipinski definition) is 1. The van der Waals surface area contributed by atoms with Crippen LogP contribution in [0, 0.1) is 5.92 Å². The number of hydrogen-bond donors (Lipinski definition) is 1. The van der Waals surface area contributed by atoms with Gasteiger partial charge in [-0.15, -0.1) is 0 Å². The lowest BCUT2D eigenvalue weighted by Crippen LogP contribution is -2.35. The van der Waals surface area contributed by atoms with Crippen LogP contribution in [0.3, 0.4) is 0 Å². The molecule has 2 heteroatoms. The topological polar surface area (TPSA) is 12.0 Å². The van der Waals surface area contributed by atoms with Crippen molar-refractivity contribution in [3.63, 3.8) is 0 Å². The Kier molecular flexibility index (Phi) is 5.30. The largest absolute Gasteiger partial charge is 0.307 e. The molecule has 0 saturated heterocycles. The lowest BCUT2D eigenvalue weighted by molar-refractivity contribution is 0.356. The van der Waals surface area contributed by atoms with Gasteiger partial charge in [0.25, 0.3) is 0 Å². The Morgan fingerprint density at radius 3 is 2.12 bits per heavy atom. The fourth-order valence-electron chi connectivity index (χ4n) is 1.95. The number of halogens is 1. The van der Waals surface area contributed by atoms with Gasteiger partial charge < -0.3 is 5.32 Å². The second-order valence-electron chi connectivity index (χ2n) is 4.70. The van der Waals surface area contributed by atoms with E-state index in [9.17, 15) is 0 Å². The molecule has 0 radical (unpaired) electrons. The molecule has 0 heterocycles. The Morgan fingerprint density at radius 1 is 1.12 bits per heavy atom. The highest BCUT2D eigenvalue weighted by Crippen LogP contribution is 2.18. The summed E-state index contributed by atoms with van der Waals surface area (Å²) in [4.78, 5) is 0. The van der Waals surface area contributed by atoms with Crippen molar-refractivity contribution in [2.75, 3.05) is 0 Å². The lowest BCUT2D eigenvalue weighted by Gasteiger charge is -2.25. The monoisotopic (exact) mass is 239 g/mol. The second-order valence-corrected chi connectivity index (χ2v) is 5.14. The zero-order chi connectivity index (χ0) is 12.1. The zero-order valence-electron chi connectivity index (χ0n) is 10.6. The van der Waals surface area contributed by atoms with Crippen LogP contribution in [0.4, 0.5) is 0 Å². The van der Waals surface area contributed by atoms with Crippen LogP contribution in [0.2, 0.25) is 5.02 Å². The molecule has 0 aliphatic carbocycles. The molecular formula is C14H22ClN. The summed E-state index contributed by atoms with van der Waals surface area (Å²) in [5, 5.41) is 4.46. The smallest absolute Gasteiger partial charge is 0.0406 e. The first-order valence-corrected chi connectivity index (χ1v) is 6.44. The first-order chi connectivity index (χ1) is 7.54. The minimum absolute atomic E-state index is 0.379. The van der Waals surface area contributed by atoms with Gasteiger partial charge in [-0.3, -0.25) is 0 Å². The van der Waals surface area contributed by atoms with Gasteiger partial charge in [0.2, 0.25) is 0 Å². The van der Waals surface area contributed by atoms with E-state index in [1.165, 1.54) is 5.56 Å². The Balaban J connectivity index is 2.64. The third-order valence-corrected chi connectivity index (χ3v) is 3.33. The van der Waals surface area contributed by atoms with Crippen LogP contribution >= 0.6 is 11.6 Å². The van der Waals surface area contributed by atoms with Crippen LogP contribution in [0.5, 0.6) is 0 Å². The predicted molar refractivity (Wildman–Crippen MR) is 71.9 cm³/mol. The van der Waals surface area contributed by atoms with Crippen molar-refractivity contribution in [3.8, 4) is 0 Å². The van der Waals surface area contributed by atoms with E-state index in [-0.39, 0.29) is 0 Å². The molecule has 0 spiro atoms. The summed E-state index contributed by atoms with van der Waals surface area (Å²) < 4.78 is 0. The molecule has 1 N–H and O–H groups in total. The summed E-state index contributed by atoms with van der Waals surface area (Å²) in [6.07, 6.45) is 1.16. The lowest BCUT2D eigenvalue weighted by atomic mass is 9.99. The van der Waals surface area contributed by atoms with E-state index < -0.39 is 0 Å². The minimum Gasteiger partial charge on any atom is -0.307 e. The van der Waals surface area contributed by atoms with Crippen molar-refractivity contribution >= 4 is 11.6 Å². The molecule has 0 amide bonds. The minimum atomic E-state index is 0.379. The van der Waals surface area contributed by atoms with Crippen molar-refractivity contribution in [3.05, 3.63) is 34.9 Å². The molecule has 1 nitrogen and oxygen atoms in total. The maximum Gasteiger partial charge on any atom is 0.0406 e. The van der Waals surface area contributed by atoms with Crippen LogP contribution in [-0.4, -0.2) is 6.04 Å². The van der Waals surface area contributed by atoms with Crippen molar-refractivity contribution in [1.82, 2.24) is 5.32 Å². The molecule has 0 saturated carbocycles. The summed E-state index contributed by atoms with van der Waals surface area (Å²) in [5.74, 6) is 0.666. The van der Waals surface area contributed by atoms with Gasteiger partial charge in [0.15, 0.2) is 0 Å². The molecule has 0 aliphatic rings. The number of benzene rings is 1. The average Bonchev–Trinajstić information content (AvgIpc) is 2.26. The SMILES string of the molecule is CCC(N[C@@H](C)c1ccc(Cl)cc1)C(C)C. The van der Waals surface area contributed by atoms with Gasteiger partial charge in [0, 0.05) is 17.1 Å². The zero-order valence-corrected chi connectivity index (χ0v) is 11.4. The van der Waals surface area contributed by atoms with Crippen molar-refractivity contribution < 1.29 is 0 Å². The quantitative estimate of drug-likeness (QED) is 0.802. The normalized spacial score (nSPS) is 15.1. The maximum atomic E-state index is 5.88. The highest BCUT2D eigenvalue weighted by Gasteiger charge is 2.14. The second kappa shape index (κ2) is 6.27. The summed E-state index contributed by atoms with van der Waals surface area (Å²) in [6, 6.07) is 9.03. The van der Waals surface area contributed by atoms with Crippen LogP contribution in [0.1, 0.15) is 45.7 Å². The molecule has 1 rings (SSSR count). The molecular weight excluding hydrogens is 218 g/mol. The van der Waals surface area contributed by atoms with E-state index in [1.807, 2.05) is 12.1 Å². The van der Waals surface area contributed by atoms with E-state index in [0.29, 0.717) is 18.0 Å². The fourth-order valence-corrected chi connectivity index (χ4v) is 2.08. The standard InChI is InChI=1S/C14H22ClN/c1-5-14(10(2)3)16-11(4)12-6-8-13(15)9-7-12/h6-11,14,16H,5H2,1-4H3/t11-,14?/m0/s1. The summed E-state index contributed by atoms with van der Waals surface area (Å²) >= 11 is 5.88. The van der Waals surface area contributed by atoms with E-state index in [2.05, 4.69) is 45.1 Å². The van der Waals surface area contributed by atoms with Crippen LogP contribution in [-0.2, 0) is 0 Å². The van der Waals surface area contributed by atoms with Gasteiger partial charge in [0.05, 0.1) is 0 Å². The van der Waals surface area contributed by atoms with Gasteiger partial charge in [-0.1, -0.05) is 44.5 Å². The number of rotatable bonds is 5. The first-order valence-electron chi connectivity index (χ1n) is 6.06. The van der Waals surface area contributed by atoms with E-state index >= 15 is 0 Å². The first kappa shape index (κ1) is 13.5.